The van der Waals surface area contributed by atoms with Crippen LogP contribution < -0.4 is 10.2 Å². The smallest absolute Gasteiger partial charge is 0.305 e. The summed E-state index contributed by atoms with van der Waals surface area (Å²) in [6.07, 6.45) is 0.905. The second-order valence-electron chi connectivity index (χ2n) is 6.79. The summed E-state index contributed by atoms with van der Waals surface area (Å²) in [6, 6.07) is 2.06. The number of fused-ring (bicyclic) bond motifs is 1. The van der Waals surface area contributed by atoms with Gasteiger partial charge in [-0.05, 0) is 48.8 Å². The summed E-state index contributed by atoms with van der Waals surface area (Å²) in [6.45, 7) is 6.08. The quantitative estimate of drug-likeness (QED) is 0.838. The minimum absolute atomic E-state index is 0.0777. The molecule has 0 amide bonds. The Bertz CT molecular complexity index is 882. The molecule has 0 unspecified atom stereocenters. The molecule has 0 spiro atoms. The van der Waals surface area contributed by atoms with Crippen molar-refractivity contribution in [3.8, 4) is 6.07 Å². The van der Waals surface area contributed by atoms with Crippen LogP contribution in [0.2, 0.25) is 0 Å². The molecule has 25 heavy (non-hydrogen) atoms. The molecule has 0 saturated carbocycles. The molecule has 0 bridgehead atoms. The number of hydrogen-bond acceptors (Lipinski definition) is 5. The van der Waals surface area contributed by atoms with Crippen molar-refractivity contribution in [2.45, 2.75) is 38.7 Å². The average Bonchev–Trinajstić information content (AvgIpc) is 3.14. The molecule has 9 heteroatoms. The molecule has 0 aliphatic carbocycles. The summed E-state index contributed by atoms with van der Waals surface area (Å²) in [7, 11) is 1.91. The third-order valence-corrected chi connectivity index (χ3v) is 5.76. The van der Waals surface area contributed by atoms with Gasteiger partial charge in [-0.2, -0.15) is 18.6 Å². The van der Waals surface area contributed by atoms with Crippen molar-refractivity contribution in [2.24, 2.45) is 0 Å². The van der Waals surface area contributed by atoms with E-state index in [1.807, 2.05) is 7.05 Å². The van der Waals surface area contributed by atoms with Crippen molar-refractivity contribution >= 4 is 27.4 Å². The topological polar surface area (TPSA) is 69.2 Å². The van der Waals surface area contributed by atoms with Gasteiger partial charge in [-0.15, -0.1) is 5.10 Å². The molecule has 2 aromatic rings. The first-order valence-corrected chi connectivity index (χ1v) is 8.71. The van der Waals surface area contributed by atoms with Crippen LogP contribution in [0.3, 0.4) is 0 Å². The number of alkyl halides is 2. The van der Waals surface area contributed by atoms with Crippen molar-refractivity contribution in [3.63, 3.8) is 0 Å². The van der Waals surface area contributed by atoms with Gasteiger partial charge in [0.05, 0.1) is 4.47 Å². The first-order valence-electron chi connectivity index (χ1n) is 7.92. The largest absolute Gasteiger partial charge is 0.354 e. The van der Waals surface area contributed by atoms with Crippen molar-refractivity contribution in [3.05, 3.63) is 21.4 Å². The Labute approximate surface area is 153 Å². The SMILES string of the molecule is CN[C@@]1(C)CCN(c2c(Br)c(C)c(C#N)c3nc(C(C)(F)F)nn23)C1. The zero-order chi connectivity index (χ0) is 18.6. The number of nitrogens with one attached hydrogen (secondary N) is 1. The van der Waals surface area contributed by atoms with Gasteiger partial charge in [0.25, 0.3) is 0 Å². The van der Waals surface area contributed by atoms with Gasteiger partial charge in [-0.1, -0.05) is 0 Å². The van der Waals surface area contributed by atoms with E-state index in [0.29, 0.717) is 22.4 Å². The molecule has 0 radical (unpaired) electrons. The predicted octanol–water partition coefficient (Wildman–Crippen LogP) is 2.97. The summed E-state index contributed by atoms with van der Waals surface area (Å²) in [5, 5.41) is 16.8. The zero-order valence-electron chi connectivity index (χ0n) is 14.5. The van der Waals surface area contributed by atoms with E-state index in [4.69, 9.17) is 0 Å². The minimum atomic E-state index is -3.18. The highest BCUT2D eigenvalue weighted by molar-refractivity contribution is 9.10. The Hall–Kier alpha value is -1.79. The molecular weight excluding hydrogens is 394 g/mol. The molecule has 1 saturated heterocycles. The van der Waals surface area contributed by atoms with Gasteiger partial charge in [0, 0.05) is 25.6 Å². The highest BCUT2D eigenvalue weighted by Gasteiger charge is 2.37. The summed E-state index contributed by atoms with van der Waals surface area (Å²) in [5.74, 6) is -3.12. The number of nitriles is 1. The number of anilines is 1. The van der Waals surface area contributed by atoms with Crippen LogP contribution >= 0.6 is 15.9 Å². The number of likely N-dealkylation sites (N-methyl/N-ethyl adjacent to an activating group) is 1. The predicted molar refractivity (Wildman–Crippen MR) is 94.0 cm³/mol. The highest BCUT2D eigenvalue weighted by atomic mass is 79.9. The highest BCUT2D eigenvalue weighted by Crippen LogP contribution is 2.37. The molecule has 1 fully saturated rings. The van der Waals surface area contributed by atoms with E-state index in [0.717, 1.165) is 19.9 Å². The first kappa shape index (κ1) is 18.0. The van der Waals surface area contributed by atoms with Gasteiger partial charge in [-0.3, -0.25) is 0 Å². The number of hydrogen-bond donors (Lipinski definition) is 1. The maximum absolute atomic E-state index is 13.8. The lowest BCUT2D eigenvalue weighted by molar-refractivity contribution is 0.00801. The molecule has 2 aromatic heterocycles. The lowest BCUT2D eigenvalue weighted by Gasteiger charge is -2.26. The maximum Gasteiger partial charge on any atom is 0.305 e. The van der Waals surface area contributed by atoms with Crippen LogP contribution in [0.15, 0.2) is 4.47 Å². The monoisotopic (exact) mass is 412 g/mol. The van der Waals surface area contributed by atoms with Crippen LogP contribution in [-0.4, -0.2) is 40.3 Å². The lowest BCUT2D eigenvalue weighted by atomic mass is 10.0. The number of aromatic nitrogens is 3. The Balaban J connectivity index is 2.27. The standard InChI is InChI=1S/C16H19BrF2N6/c1-9-10(7-20)12-22-14(16(3,18)19)23-25(12)13(11(9)17)24-6-5-15(2,8-24)21-4/h21H,5-6,8H2,1-4H3/t15-/m0/s1. The second-order valence-corrected chi connectivity index (χ2v) is 7.58. The van der Waals surface area contributed by atoms with Crippen molar-refractivity contribution in [2.75, 3.05) is 25.0 Å². The number of nitrogens with zero attached hydrogens (tertiary/aromatic N) is 5. The molecule has 3 heterocycles. The molecule has 1 aliphatic rings. The number of pyridine rings is 1. The zero-order valence-corrected chi connectivity index (χ0v) is 16.1. The van der Waals surface area contributed by atoms with Gasteiger partial charge in [0.1, 0.15) is 17.5 Å². The fraction of sp³-hybridized carbons (Fsp3) is 0.562. The molecule has 3 rings (SSSR count). The summed E-state index contributed by atoms with van der Waals surface area (Å²) in [4.78, 5) is 6.04. The maximum atomic E-state index is 13.8. The lowest BCUT2D eigenvalue weighted by Crippen LogP contribution is -2.42. The number of rotatable bonds is 3. The Morgan fingerprint density at radius 1 is 1.44 bits per heavy atom. The minimum Gasteiger partial charge on any atom is -0.354 e. The van der Waals surface area contributed by atoms with Crippen LogP contribution in [0.1, 0.15) is 37.2 Å². The van der Waals surface area contributed by atoms with Gasteiger partial charge in [0.2, 0.25) is 5.82 Å². The summed E-state index contributed by atoms with van der Waals surface area (Å²) >= 11 is 3.53. The number of halogens is 3. The normalized spacial score (nSPS) is 21.1. The molecule has 1 N–H and O–H groups in total. The first-order chi connectivity index (χ1) is 11.6. The Morgan fingerprint density at radius 2 is 2.12 bits per heavy atom. The molecular formula is C16H19BrF2N6. The van der Waals surface area contributed by atoms with Gasteiger partial charge in [-0.25, -0.2) is 4.98 Å². The van der Waals surface area contributed by atoms with Gasteiger partial charge >= 0.3 is 5.92 Å². The van der Waals surface area contributed by atoms with E-state index in [-0.39, 0.29) is 16.7 Å². The van der Waals surface area contributed by atoms with Crippen LogP contribution in [0, 0.1) is 18.3 Å². The Morgan fingerprint density at radius 3 is 2.64 bits per heavy atom. The molecule has 0 aromatic carbocycles. The van der Waals surface area contributed by atoms with Crippen LogP contribution in [0.4, 0.5) is 14.6 Å². The summed E-state index contributed by atoms with van der Waals surface area (Å²) in [5.41, 5.74) is 0.995. The summed E-state index contributed by atoms with van der Waals surface area (Å²) < 4.78 is 29.6. The van der Waals surface area contributed by atoms with Crippen molar-refractivity contribution < 1.29 is 8.78 Å². The second kappa shape index (κ2) is 5.88. The Kier molecular flexibility index (Phi) is 4.24. The van der Waals surface area contributed by atoms with Crippen molar-refractivity contribution in [1.82, 2.24) is 19.9 Å². The van der Waals surface area contributed by atoms with Crippen molar-refractivity contribution in [1.29, 1.82) is 5.26 Å². The third kappa shape index (κ3) is 2.87. The van der Waals surface area contributed by atoms with E-state index in [2.05, 4.69) is 49.2 Å². The fourth-order valence-electron chi connectivity index (χ4n) is 3.10. The molecule has 1 aliphatic heterocycles. The van der Waals surface area contributed by atoms with E-state index in [1.165, 1.54) is 4.52 Å². The molecule has 6 nitrogen and oxygen atoms in total. The van der Waals surface area contributed by atoms with Gasteiger partial charge < -0.3 is 10.2 Å². The van der Waals surface area contributed by atoms with E-state index >= 15 is 0 Å². The average molecular weight is 413 g/mol. The van der Waals surface area contributed by atoms with E-state index in [9.17, 15) is 14.0 Å². The van der Waals surface area contributed by atoms with Crippen LogP contribution in [0.5, 0.6) is 0 Å². The van der Waals surface area contributed by atoms with Crippen LogP contribution in [0.25, 0.3) is 5.65 Å². The van der Waals surface area contributed by atoms with E-state index < -0.39 is 11.7 Å². The molecule has 1 atom stereocenters. The van der Waals surface area contributed by atoms with Crippen LogP contribution in [-0.2, 0) is 5.92 Å². The fourth-order valence-corrected chi connectivity index (χ4v) is 3.72. The molecule has 134 valence electrons. The van der Waals surface area contributed by atoms with Gasteiger partial charge in [0.15, 0.2) is 5.65 Å². The third-order valence-electron chi connectivity index (χ3n) is 4.81. The van der Waals surface area contributed by atoms with E-state index in [1.54, 1.807) is 6.92 Å².